The second-order valence-electron chi connectivity index (χ2n) is 4.65. The third-order valence-electron chi connectivity index (χ3n) is 3.33. The van der Waals surface area contributed by atoms with Crippen LogP contribution < -0.4 is 5.73 Å². The van der Waals surface area contributed by atoms with Crippen molar-refractivity contribution in [3.8, 4) is 0 Å². The van der Waals surface area contributed by atoms with Crippen LogP contribution in [-0.2, 0) is 0 Å². The first-order valence-electron chi connectivity index (χ1n) is 5.88. The molecule has 0 saturated carbocycles. The molecule has 1 aromatic carbocycles. The summed E-state index contributed by atoms with van der Waals surface area (Å²) >= 11 is 0. The molecule has 0 spiro atoms. The van der Waals surface area contributed by atoms with Crippen LogP contribution in [0.25, 0.3) is 0 Å². The van der Waals surface area contributed by atoms with E-state index in [0.29, 0.717) is 24.6 Å². The van der Waals surface area contributed by atoms with Gasteiger partial charge < -0.3 is 10.6 Å². The number of amides is 1. The molecule has 1 saturated heterocycles. The van der Waals surface area contributed by atoms with E-state index in [1.165, 1.54) is 12.1 Å². The van der Waals surface area contributed by atoms with E-state index in [0.717, 1.165) is 6.42 Å². The summed E-state index contributed by atoms with van der Waals surface area (Å²) in [6.07, 6.45) is 0.928. The second kappa shape index (κ2) is 4.84. The molecule has 3 nitrogen and oxygen atoms in total. The molecule has 1 aliphatic heterocycles. The van der Waals surface area contributed by atoms with Crippen molar-refractivity contribution >= 4 is 5.91 Å². The SMILES string of the molecule is CC1CC(CN)CN1C(=O)c1cccc(F)c1. The first-order valence-corrected chi connectivity index (χ1v) is 5.88. The molecule has 2 atom stereocenters. The zero-order chi connectivity index (χ0) is 12.4. The van der Waals surface area contributed by atoms with Crippen LogP contribution in [0.1, 0.15) is 23.7 Å². The summed E-state index contributed by atoms with van der Waals surface area (Å²) in [7, 11) is 0. The Morgan fingerprint density at radius 1 is 1.59 bits per heavy atom. The average molecular weight is 236 g/mol. The highest BCUT2D eigenvalue weighted by Crippen LogP contribution is 2.24. The van der Waals surface area contributed by atoms with Gasteiger partial charge >= 0.3 is 0 Å². The number of rotatable bonds is 2. The van der Waals surface area contributed by atoms with Crippen molar-refractivity contribution < 1.29 is 9.18 Å². The summed E-state index contributed by atoms with van der Waals surface area (Å²) in [5.41, 5.74) is 6.03. The van der Waals surface area contributed by atoms with Crippen LogP contribution in [0, 0.1) is 11.7 Å². The molecule has 2 unspecified atom stereocenters. The second-order valence-corrected chi connectivity index (χ2v) is 4.65. The molecule has 1 amide bonds. The third kappa shape index (κ3) is 2.47. The van der Waals surface area contributed by atoms with Gasteiger partial charge in [0.1, 0.15) is 5.82 Å². The zero-order valence-electron chi connectivity index (χ0n) is 9.90. The number of benzene rings is 1. The monoisotopic (exact) mass is 236 g/mol. The highest BCUT2D eigenvalue weighted by atomic mass is 19.1. The van der Waals surface area contributed by atoms with Crippen LogP contribution >= 0.6 is 0 Å². The summed E-state index contributed by atoms with van der Waals surface area (Å²) in [4.78, 5) is 14.0. The average Bonchev–Trinajstić information content (AvgIpc) is 2.69. The van der Waals surface area contributed by atoms with Gasteiger partial charge in [0.05, 0.1) is 0 Å². The molecule has 1 fully saturated rings. The molecule has 2 N–H and O–H groups in total. The Balaban J connectivity index is 2.15. The normalized spacial score (nSPS) is 24.1. The molecule has 4 heteroatoms. The standard InChI is InChI=1S/C13H17FN2O/c1-9-5-10(7-15)8-16(9)13(17)11-3-2-4-12(14)6-11/h2-4,6,9-10H,5,7-8,15H2,1H3. The Hall–Kier alpha value is -1.42. The van der Waals surface area contributed by atoms with E-state index in [1.807, 2.05) is 6.92 Å². The van der Waals surface area contributed by atoms with E-state index in [2.05, 4.69) is 0 Å². The van der Waals surface area contributed by atoms with Crippen LogP contribution in [0.4, 0.5) is 4.39 Å². The van der Waals surface area contributed by atoms with E-state index in [1.54, 1.807) is 17.0 Å². The highest BCUT2D eigenvalue weighted by molar-refractivity contribution is 5.94. The zero-order valence-corrected chi connectivity index (χ0v) is 9.90. The molecule has 1 heterocycles. The molecule has 0 aliphatic carbocycles. The van der Waals surface area contributed by atoms with E-state index in [-0.39, 0.29) is 17.8 Å². The van der Waals surface area contributed by atoms with Crippen molar-refractivity contribution in [3.63, 3.8) is 0 Å². The predicted molar refractivity (Wildman–Crippen MR) is 64.1 cm³/mol. The van der Waals surface area contributed by atoms with Crippen molar-refractivity contribution in [3.05, 3.63) is 35.6 Å². The molecule has 92 valence electrons. The van der Waals surface area contributed by atoms with Crippen LogP contribution in [0.5, 0.6) is 0 Å². The van der Waals surface area contributed by atoms with E-state index in [9.17, 15) is 9.18 Å². The van der Waals surface area contributed by atoms with E-state index < -0.39 is 0 Å². The number of nitrogens with zero attached hydrogens (tertiary/aromatic N) is 1. The van der Waals surface area contributed by atoms with Crippen LogP contribution in [0.2, 0.25) is 0 Å². The van der Waals surface area contributed by atoms with Gasteiger partial charge in [-0.15, -0.1) is 0 Å². The van der Waals surface area contributed by atoms with Gasteiger partial charge in [0, 0.05) is 18.2 Å². The van der Waals surface area contributed by atoms with Crippen LogP contribution in [0.15, 0.2) is 24.3 Å². The lowest BCUT2D eigenvalue weighted by molar-refractivity contribution is 0.0743. The summed E-state index contributed by atoms with van der Waals surface area (Å²) < 4.78 is 13.1. The van der Waals surface area contributed by atoms with Crippen LogP contribution in [-0.4, -0.2) is 29.9 Å². The maximum atomic E-state index is 13.1. The first kappa shape index (κ1) is 12.0. The van der Waals surface area contributed by atoms with Gasteiger partial charge in [0.2, 0.25) is 0 Å². The van der Waals surface area contributed by atoms with Crippen molar-refractivity contribution in [2.45, 2.75) is 19.4 Å². The largest absolute Gasteiger partial charge is 0.336 e. The fraction of sp³-hybridized carbons (Fsp3) is 0.462. The molecule has 0 radical (unpaired) electrons. The van der Waals surface area contributed by atoms with Gasteiger partial charge in [0.25, 0.3) is 5.91 Å². The first-order chi connectivity index (χ1) is 8.11. The highest BCUT2D eigenvalue weighted by Gasteiger charge is 2.32. The molecule has 1 aromatic rings. The van der Waals surface area contributed by atoms with Gasteiger partial charge in [-0.05, 0) is 44.0 Å². The summed E-state index contributed by atoms with van der Waals surface area (Å²) in [5, 5.41) is 0. The minimum absolute atomic E-state index is 0.104. The topological polar surface area (TPSA) is 46.3 Å². The van der Waals surface area contributed by atoms with Crippen molar-refractivity contribution in [2.75, 3.05) is 13.1 Å². The minimum atomic E-state index is -0.377. The van der Waals surface area contributed by atoms with Crippen LogP contribution in [0.3, 0.4) is 0 Å². The lowest BCUT2D eigenvalue weighted by Crippen LogP contribution is -2.34. The van der Waals surface area contributed by atoms with Gasteiger partial charge in [-0.1, -0.05) is 6.07 Å². The van der Waals surface area contributed by atoms with Gasteiger partial charge in [-0.3, -0.25) is 4.79 Å². The summed E-state index contributed by atoms with van der Waals surface area (Å²) in [6.45, 7) is 3.27. The Morgan fingerprint density at radius 2 is 2.35 bits per heavy atom. The van der Waals surface area contributed by atoms with E-state index in [4.69, 9.17) is 5.73 Å². The van der Waals surface area contributed by atoms with Gasteiger partial charge in [0.15, 0.2) is 0 Å². The maximum absolute atomic E-state index is 13.1. The van der Waals surface area contributed by atoms with Gasteiger partial charge in [-0.2, -0.15) is 0 Å². The summed E-state index contributed by atoms with van der Waals surface area (Å²) in [5.74, 6) is -0.117. The van der Waals surface area contributed by atoms with Crippen molar-refractivity contribution in [2.24, 2.45) is 11.7 Å². The molecule has 2 rings (SSSR count). The number of halogens is 1. The number of carbonyl (C=O) groups excluding carboxylic acids is 1. The molecule has 17 heavy (non-hydrogen) atoms. The number of hydrogen-bond donors (Lipinski definition) is 1. The third-order valence-corrected chi connectivity index (χ3v) is 3.33. The minimum Gasteiger partial charge on any atom is -0.336 e. The molecule has 0 bridgehead atoms. The quantitative estimate of drug-likeness (QED) is 0.848. The van der Waals surface area contributed by atoms with E-state index >= 15 is 0 Å². The molecule has 1 aliphatic rings. The molecular formula is C13H17FN2O. The Kier molecular flexibility index (Phi) is 3.43. The number of nitrogens with two attached hydrogens (primary N) is 1. The number of hydrogen-bond acceptors (Lipinski definition) is 2. The Morgan fingerprint density at radius 3 is 2.94 bits per heavy atom. The fourth-order valence-electron chi connectivity index (χ4n) is 2.38. The summed E-state index contributed by atoms with van der Waals surface area (Å²) in [6, 6.07) is 6.01. The fourth-order valence-corrected chi connectivity index (χ4v) is 2.38. The van der Waals surface area contributed by atoms with Crippen molar-refractivity contribution in [1.29, 1.82) is 0 Å². The smallest absolute Gasteiger partial charge is 0.254 e. The lowest BCUT2D eigenvalue weighted by Gasteiger charge is -2.21. The predicted octanol–water partition coefficient (Wildman–Crippen LogP) is 1.63. The number of carbonyl (C=O) groups is 1. The maximum Gasteiger partial charge on any atom is 0.254 e. The number of likely N-dealkylation sites (tertiary alicyclic amines) is 1. The molecular weight excluding hydrogens is 219 g/mol. The lowest BCUT2D eigenvalue weighted by atomic mass is 10.1. The van der Waals surface area contributed by atoms with Gasteiger partial charge in [-0.25, -0.2) is 4.39 Å². The molecule has 0 aromatic heterocycles. The Labute approximate surface area is 100 Å². The Bertz CT molecular complexity index is 422. The van der Waals surface area contributed by atoms with Crippen molar-refractivity contribution in [1.82, 2.24) is 4.90 Å².